The van der Waals surface area contributed by atoms with Crippen LogP contribution >= 0.6 is 0 Å². The van der Waals surface area contributed by atoms with Gasteiger partial charge in [-0.1, -0.05) is 27.7 Å². The van der Waals surface area contributed by atoms with Gasteiger partial charge in [-0.05, 0) is 12.5 Å². The molecular formula is C10H24N2. The van der Waals surface area contributed by atoms with Crippen LogP contribution in [0.3, 0.4) is 0 Å². The lowest BCUT2D eigenvalue weighted by molar-refractivity contribution is 0.242. The summed E-state index contributed by atoms with van der Waals surface area (Å²) in [5.74, 6) is 0. The van der Waals surface area contributed by atoms with E-state index in [0.717, 1.165) is 13.1 Å². The average Bonchev–Trinajstić information content (AvgIpc) is 2.14. The van der Waals surface area contributed by atoms with E-state index in [0.29, 0.717) is 5.41 Å². The lowest BCUT2D eigenvalue weighted by Crippen LogP contribution is -2.32. The third-order valence-electron chi connectivity index (χ3n) is 1.97. The van der Waals surface area contributed by atoms with Gasteiger partial charge in [0.05, 0.1) is 0 Å². The van der Waals surface area contributed by atoms with Crippen LogP contribution in [0.2, 0.25) is 0 Å². The number of nitrogens with one attached hydrogen (secondary N) is 1. The van der Waals surface area contributed by atoms with Gasteiger partial charge in [0.25, 0.3) is 0 Å². The first-order valence-electron chi connectivity index (χ1n) is 4.99. The smallest absolute Gasteiger partial charge is 0.0104 e. The topological polar surface area (TPSA) is 15.3 Å². The Morgan fingerprint density at radius 2 is 1.83 bits per heavy atom. The van der Waals surface area contributed by atoms with Gasteiger partial charge in [0.2, 0.25) is 0 Å². The zero-order valence-corrected chi connectivity index (χ0v) is 9.28. The highest BCUT2D eigenvalue weighted by atomic mass is 15.1. The van der Waals surface area contributed by atoms with Gasteiger partial charge >= 0.3 is 0 Å². The van der Waals surface area contributed by atoms with Crippen LogP contribution in [-0.4, -0.2) is 38.1 Å². The van der Waals surface area contributed by atoms with Gasteiger partial charge in [0.15, 0.2) is 0 Å². The molecule has 1 fully saturated rings. The average molecular weight is 172 g/mol. The summed E-state index contributed by atoms with van der Waals surface area (Å²) < 4.78 is 0. The minimum Gasteiger partial charge on any atom is -0.315 e. The van der Waals surface area contributed by atoms with E-state index in [1.54, 1.807) is 0 Å². The number of rotatable bonds is 0. The minimum absolute atomic E-state index is 0.450. The summed E-state index contributed by atoms with van der Waals surface area (Å²) in [5.41, 5.74) is 0.450. The second kappa shape index (κ2) is 5.55. The Bertz CT molecular complexity index is 110. The Morgan fingerprint density at radius 1 is 1.25 bits per heavy atom. The standard InChI is InChI=1S/C8H18N2.C2H6/c1-8(2)6-9-4-5-10(3)7-8;1-2/h9H,4-7H2,1-3H3;1-2H3. The molecule has 1 rings (SSSR count). The normalized spacial score (nSPS) is 23.8. The van der Waals surface area contributed by atoms with E-state index in [9.17, 15) is 0 Å². The quantitative estimate of drug-likeness (QED) is 0.597. The summed E-state index contributed by atoms with van der Waals surface area (Å²) in [6.45, 7) is 13.3. The summed E-state index contributed by atoms with van der Waals surface area (Å²) in [7, 11) is 2.19. The fraction of sp³-hybridized carbons (Fsp3) is 1.00. The number of hydrogen-bond acceptors (Lipinski definition) is 2. The Labute approximate surface area is 77.3 Å². The van der Waals surface area contributed by atoms with Gasteiger partial charge in [-0.2, -0.15) is 0 Å². The van der Waals surface area contributed by atoms with Crippen LogP contribution in [0.5, 0.6) is 0 Å². The van der Waals surface area contributed by atoms with Crippen molar-refractivity contribution in [1.29, 1.82) is 0 Å². The van der Waals surface area contributed by atoms with Gasteiger partial charge < -0.3 is 10.2 Å². The maximum absolute atomic E-state index is 3.43. The van der Waals surface area contributed by atoms with Crippen molar-refractivity contribution in [2.45, 2.75) is 27.7 Å². The Hall–Kier alpha value is -0.0800. The Kier molecular flexibility index (Phi) is 5.51. The van der Waals surface area contributed by atoms with Crippen molar-refractivity contribution in [1.82, 2.24) is 10.2 Å². The monoisotopic (exact) mass is 172 g/mol. The molecule has 2 nitrogen and oxygen atoms in total. The summed E-state index contributed by atoms with van der Waals surface area (Å²) >= 11 is 0. The fourth-order valence-corrected chi connectivity index (χ4v) is 1.56. The fourth-order valence-electron chi connectivity index (χ4n) is 1.56. The summed E-state index contributed by atoms with van der Waals surface area (Å²) in [4.78, 5) is 2.39. The van der Waals surface area contributed by atoms with Crippen molar-refractivity contribution in [3.63, 3.8) is 0 Å². The van der Waals surface area contributed by atoms with Gasteiger partial charge in [0.1, 0.15) is 0 Å². The van der Waals surface area contributed by atoms with Crippen LogP contribution < -0.4 is 5.32 Å². The molecule has 0 saturated carbocycles. The van der Waals surface area contributed by atoms with Gasteiger partial charge in [-0.25, -0.2) is 0 Å². The van der Waals surface area contributed by atoms with Crippen LogP contribution in [0.25, 0.3) is 0 Å². The van der Waals surface area contributed by atoms with Crippen LogP contribution in [0.15, 0.2) is 0 Å². The highest BCUT2D eigenvalue weighted by Gasteiger charge is 2.21. The molecule has 1 N–H and O–H groups in total. The number of hydrogen-bond donors (Lipinski definition) is 1. The first-order valence-corrected chi connectivity index (χ1v) is 4.99. The molecule has 1 aliphatic heterocycles. The van der Waals surface area contributed by atoms with E-state index < -0.39 is 0 Å². The number of nitrogens with zero attached hydrogens (tertiary/aromatic N) is 1. The molecule has 0 aromatic carbocycles. The molecule has 1 heterocycles. The van der Waals surface area contributed by atoms with Gasteiger partial charge in [-0.15, -0.1) is 0 Å². The van der Waals surface area contributed by atoms with E-state index in [1.807, 2.05) is 13.8 Å². The van der Waals surface area contributed by atoms with Gasteiger partial charge in [-0.3, -0.25) is 0 Å². The van der Waals surface area contributed by atoms with Crippen LogP contribution in [0.4, 0.5) is 0 Å². The summed E-state index contributed by atoms with van der Waals surface area (Å²) in [6.07, 6.45) is 0. The molecule has 1 aliphatic rings. The Morgan fingerprint density at radius 3 is 2.42 bits per heavy atom. The van der Waals surface area contributed by atoms with Crippen molar-refractivity contribution in [2.75, 3.05) is 33.2 Å². The zero-order valence-electron chi connectivity index (χ0n) is 9.28. The molecule has 0 aliphatic carbocycles. The van der Waals surface area contributed by atoms with Crippen molar-refractivity contribution in [3.8, 4) is 0 Å². The second-order valence-electron chi connectivity index (χ2n) is 4.08. The molecule has 0 aromatic rings. The summed E-state index contributed by atoms with van der Waals surface area (Å²) in [6, 6.07) is 0. The van der Waals surface area contributed by atoms with Crippen LogP contribution in [0.1, 0.15) is 27.7 Å². The van der Waals surface area contributed by atoms with Crippen LogP contribution in [0, 0.1) is 5.41 Å². The molecular weight excluding hydrogens is 148 g/mol. The molecule has 74 valence electrons. The number of likely N-dealkylation sites (N-methyl/N-ethyl adjacent to an activating group) is 1. The van der Waals surface area contributed by atoms with Crippen molar-refractivity contribution in [2.24, 2.45) is 5.41 Å². The van der Waals surface area contributed by atoms with E-state index >= 15 is 0 Å². The first kappa shape index (κ1) is 11.9. The lowest BCUT2D eigenvalue weighted by atomic mass is 9.93. The lowest BCUT2D eigenvalue weighted by Gasteiger charge is -2.25. The van der Waals surface area contributed by atoms with E-state index in [4.69, 9.17) is 0 Å². The van der Waals surface area contributed by atoms with Crippen molar-refractivity contribution in [3.05, 3.63) is 0 Å². The molecule has 12 heavy (non-hydrogen) atoms. The highest BCUT2D eigenvalue weighted by molar-refractivity contribution is 4.78. The third kappa shape index (κ3) is 4.73. The third-order valence-corrected chi connectivity index (χ3v) is 1.97. The summed E-state index contributed by atoms with van der Waals surface area (Å²) in [5, 5.41) is 3.43. The molecule has 0 unspecified atom stereocenters. The van der Waals surface area contributed by atoms with E-state index in [1.165, 1.54) is 13.1 Å². The predicted molar refractivity (Wildman–Crippen MR) is 55.5 cm³/mol. The molecule has 0 amide bonds. The van der Waals surface area contributed by atoms with Crippen molar-refractivity contribution < 1.29 is 0 Å². The zero-order chi connectivity index (χ0) is 9.61. The largest absolute Gasteiger partial charge is 0.315 e. The minimum atomic E-state index is 0.450. The van der Waals surface area contributed by atoms with E-state index in [-0.39, 0.29) is 0 Å². The SMILES string of the molecule is CC.CN1CCNCC(C)(C)C1. The van der Waals surface area contributed by atoms with Crippen LogP contribution in [-0.2, 0) is 0 Å². The van der Waals surface area contributed by atoms with Crippen molar-refractivity contribution >= 4 is 0 Å². The molecule has 0 bridgehead atoms. The predicted octanol–water partition coefficient (Wildman–Crippen LogP) is 1.57. The molecule has 0 atom stereocenters. The Balaban J connectivity index is 0.000000561. The second-order valence-corrected chi connectivity index (χ2v) is 4.08. The first-order chi connectivity index (χ1) is 5.60. The highest BCUT2D eigenvalue weighted by Crippen LogP contribution is 2.15. The molecule has 2 heteroatoms. The molecule has 1 saturated heterocycles. The molecule has 0 radical (unpaired) electrons. The van der Waals surface area contributed by atoms with E-state index in [2.05, 4.69) is 31.1 Å². The van der Waals surface area contributed by atoms with Gasteiger partial charge in [0, 0.05) is 26.2 Å². The molecule has 0 aromatic heterocycles. The maximum atomic E-state index is 3.43. The maximum Gasteiger partial charge on any atom is 0.0104 e. The molecule has 0 spiro atoms.